The van der Waals surface area contributed by atoms with Crippen LogP contribution in [0, 0.1) is 0 Å². The molecule has 12 heteroatoms. The van der Waals surface area contributed by atoms with Gasteiger partial charge in [0.2, 0.25) is 0 Å². The highest BCUT2D eigenvalue weighted by Crippen LogP contribution is 2.35. The van der Waals surface area contributed by atoms with Gasteiger partial charge in [-0.05, 0) is 26.0 Å². The Labute approximate surface area is 184 Å². The zero-order chi connectivity index (χ0) is 23.5. The van der Waals surface area contributed by atoms with Crippen LogP contribution in [-0.2, 0) is 9.47 Å². The second-order valence-electron chi connectivity index (χ2n) is 6.01. The molecule has 12 nitrogen and oxygen atoms in total. The standard InChI is InChI=1S/C20H24N6O6/c1-5-26(6-2)20(29)32-15-12-14(25-24-13-10-8-7-9-11-13)16(22-18(27)30-3)21-17(15)23-19(28)31-4/h7-12H,5-6H2,1-4H3,(H2,21,22,23,27,28). The molecule has 1 heterocycles. The van der Waals surface area contributed by atoms with Gasteiger partial charge in [-0.25, -0.2) is 19.4 Å². The molecular formula is C20H24N6O6. The van der Waals surface area contributed by atoms with Crippen molar-refractivity contribution < 1.29 is 28.6 Å². The van der Waals surface area contributed by atoms with E-state index in [-0.39, 0.29) is 23.1 Å². The number of ether oxygens (including phenoxy) is 3. The topological polar surface area (TPSA) is 144 Å². The molecule has 0 aliphatic heterocycles. The predicted molar refractivity (Wildman–Crippen MR) is 116 cm³/mol. The van der Waals surface area contributed by atoms with E-state index in [2.05, 4.69) is 35.3 Å². The number of anilines is 2. The van der Waals surface area contributed by atoms with Crippen molar-refractivity contribution in [1.82, 2.24) is 9.88 Å². The van der Waals surface area contributed by atoms with Gasteiger partial charge in [0.05, 0.1) is 19.9 Å². The lowest BCUT2D eigenvalue weighted by Gasteiger charge is -2.19. The molecule has 0 radical (unpaired) electrons. The lowest BCUT2D eigenvalue weighted by atomic mass is 10.3. The van der Waals surface area contributed by atoms with Gasteiger partial charge in [-0.3, -0.25) is 10.6 Å². The highest BCUT2D eigenvalue weighted by molar-refractivity contribution is 5.91. The summed E-state index contributed by atoms with van der Waals surface area (Å²) in [5.41, 5.74) is 0.590. The Morgan fingerprint density at radius 1 is 0.938 bits per heavy atom. The summed E-state index contributed by atoms with van der Waals surface area (Å²) in [6.45, 7) is 4.40. The normalized spacial score (nSPS) is 10.4. The number of methoxy groups -OCH3 is 2. The zero-order valence-corrected chi connectivity index (χ0v) is 18.1. The molecule has 1 aromatic heterocycles. The molecule has 0 fully saturated rings. The van der Waals surface area contributed by atoms with E-state index in [0.717, 1.165) is 7.11 Å². The first-order valence-corrected chi connectivity index (χ1v) is 9.60. The molecule has 0 aliphatic rings. The van der Waals surface area contributed by atoms with Gasteiger partial charge in [0.15, 0.2) is 17.4 Å². The molecule has 0 aliphatic carbocycles. The average molecular weight is 444 g/mol. The highest BCUT2D eigenvalue weighted by Gasteiger charge is 2.21. The van der Waals surface area contributed by atoms with E-state index in [1.807, 2.05) is 6.07 Å². The summed E-state index contributed by atoms with van der Waals surface area (Å²) in [7, 11) is 2.33. The molecule has 0 bridgehead atoms. The molecule has 3 amide bonds. The van der Waals surface area contributed by atoms with Gasteiger partial charge < -0.3 is 19.1 Å². The molecule has 0 atom stereocenters. The first-order chi connectivity index (χ1) is 15.4. The maximum Gasteiger partial charge on any atom is 0.415 e. The fraction of sp³-hybridized carbons (Fsp3) is 0.300. The largest absolute Gasteiger partial charge is 0.453 e. The molecule has 0 saturated carbocycles. The van der Waals surface area contributed by atoms with Gasteiger partial charge >= 0.3 is 18.3 Å². The Morgan fingerprint density at radius 2 is 1.53 bits per heavy atom. The van der Waals surface area contributed by atoms with E-state index in [1.54, 1.807) is 38.1 Å². The number of benzene rings is 1. The van der Waals surface area contributed by atoms with Crippen LogP contribution in [0.5, 0.6) is 5.75 Å². The zero-order valence-electron chi connectivity index (χ0n) is 18.1. The maximum absolute atomic E-state index is 12.5. The third kappa shape index (κ3) is 6.65. The SMILES string of the molecule is CCN(CC)C(=O)Oc1cc(N=Nc2ccccc2)c(NC(=O)OC)nc1NC(=O)OC. The number of carbonyl (C=O) groups excluding carboxylic acids is 3. The van der Waals surface area contributed by atoms with Crippen LogP contribution in [0.4, 0.5) is 37.4 Å². The lowest BCUT2D eigenvalue weighted by Crippen LogP contribution is -2.33. The van der Waals surface area contributed by atoms with E-state index < -0.39 is 18.3 Å². The molecule has 1 aromatic carbocycles. The van der Waals surface area contributed by atoms with Crippen molar-refractivity contribution in [2.75, 3.05) is 37.9 Å². The summed E-state index contributed by atoms with van der Waals surface area (Å²) in [4.78, 5) is 41.6. The first-order valence-electron chi connectivity index (χ1n) is 9.60. The number of hydrogen-bond donors (Lipinski definition) is 2. The van der Waals surface area contributed by atoms with Gasteiger partial charge in [0.25, 0.3) is 0 Å². The van der Waals surface area contributed by atoms with Crippen molar-refractivity contribution in [3.8, 4) is 5.75 Å². The number of nitrogens with zero attached hydrogens (tertiary/aromatic N) is 4. The Morgan fingerprint density at radius 3 is 2.09 bits per heavy atom. The molecule has 170 valence electrons. The van der Waals surface area contributed by atoms with Crippen molar-refractivity contribution in [3.05, 3.63) is 36.4 Å². The first kappa shape index (κ1) is 24.1. The van der Waals surface area contributed by atoms with Crippen LogP contribution in [0.2, 0.25) is 0 Å². The monoisotopic (exact) mass is 444 g/mol. The summed E-state index contributed by atoms with van der Waals surface area (Å²) < 4.78 is 14.6. The van der Waals surface area contributed by atoms with Gasteiger partial charge in [-0.2, -0.15) is 5.11 Å². The minimum absolute atomic E-state index is 0.0528. The van der Waals surface area contributed by atoms with Crippen LogP contribution in [0.25, 0.3) is 0 Å². The number of nitrogens with one attached hydrogen (secondary N) is 2. The molecule has 2 N–H and O–H groups in total. The van der Waals surface area contributed by atoms with Crippen molar-refractivity contribution in [1.29, 1.82) is 0 Å². The van der Waals surface area contributed by atoms with E-state index in [1.165, 1.54) is 18.1 Å². The van der Waals surface area contributed by atoms with E-state index >= 15 is 0 Å². The van der Waals surface area contributed by atoms with Gasteiger partial charge in [-0.15, -0.1) is 5.11 Å². The maximum atomic E-state index is 12.5. The van der Waals surface area contributed by atoms with E-state index in [0.29, 0.717) is 18.8 Å². The molecule has 0 unspecified atom stereocenters. The highest BCUT2D eigenvalue weighted by atomic mass is 16.6. The number of carbonyl (C=O) groups is 3. The minimum Gasteiger partial charge on any atom is -0.453 e. The number of azo groups is 1. The van der Waals surface area contributed by atoms with E-state index in [9.17, 15) is 14.4 Å². The predicted octanol–water partition coefficient (Wildman–Crippen LogP) is 4.69. The molecule has 2 aromatic rings. The van der Waals surface area contributed by atoms with Gasteiger partial charge in [0, 0.05) is 19.2 Å². The van der Waals surface area contributed by atoms with Crippen LogP contribution >= 0.6 is 0 Å². The number of rotatable bonds is 7. The lowest BCUT2D eigenvalue weighted by molar-refractivity contribution is 0.157. The second-order valence-corrected chi connectivity index (χ2v) is 6.01. The van der Waals surface area contributed by atoms with Gasteiger partial charge in [0.1, 0.15) is 5.69 Å². The Balaban J connectivity index is 2.54. The smallest absolute Gasteiger partial charge is 0.415 e. The number of pyridine rings is 1. The minimum atomic E-state index is -0.861. The van der Waals surface area contributed by atoms with Crippen LogP contribution in [0.3, 0.4) is 0 Å². The second kappa shape index (κ2) is 11.8. The van der Waals surface area contributed by atoms with Crippen molar-refractivity contribution >= 4 is 41.3 Å². The van der Waals surface area contributed by atoms with Crippen LogP contribution in [-0.4, -0.2) is 55.5 Å². The quantitative estimate of drug-likeness (QED) is 0.589. The van der Waals surface area contributed by atoms with Crippen LogP contribution in [0.1, 0.15) is 13.8 Å². The Bertz CT molecular complexity index is 978. The Hall–Kier alpha value is -4.22. The molecule has 0 saturated heterocycles. The summed E-state index contributed by atoms with van der Waals surface area (Å²) in [5.74, 6) is -0.391. The third-order valence-electron chi connectivity index (χ3n) is 4.03. The van der Waals surface area contributed by atoms with Crippen molar-refractivity contribution in [2.45, 2.75) is 13.8 Å². The number of hydrogen-bond acceptors (Lipinski definition) is 9. The number of aromatic nitrogens is 1. The third-order valence-corrected chi connectivity index (χ3v) is 4.03. The molecule has 32 heavy (non-hydrogen) atoms. The summed E-state index contributed by atoms with van der Waals surface area (Å²) in [6.07, 6.45) is -2.35. The summed E-state index contributed by atoms with van der Waals surface area (Å²) in [5, 5.41) is 12.9. The summed E-state index contributed by atoms with van der Waals surface area (Å²) in [6, 6.07) is 10.1. The Kier molecular flexibility index (Phi) is 8.90. The average Bonchev–Trinajstić information content (AvgIpc) is 2.80. The number of amides is 3. The summed E-state index contributed by atoms with van der Waals surface area (Å²) >= 11 is 0. The fourth-order valence-corrected chi connectivity index (χ4v) is 2.36. The van der Waals surface area contributed by atoms with Gasteiger partial charge in [-0.1, -0.05) is 18.2 Å². The fourth-order valence-electron chi connectivity index (χ4n) is 2.36. The molecular weight excluding hydrogens is 420 g/mol. The van der Waals surface area contributed by atoms with Crippen LogP contribution < -0.4 is 15.4 Å². The molecule has 2 rings (SSSR count). The molecule has 0 spiro atoms. The van der Waals surface area contributed by atoms with Crippen LogP contribution in [0.15, 0.2) is 46.6 Å². The van der Waals surface area contributed by atoms with E-state index in [4.69, 9.17) is 4.74 Å². The van der Waals surface area contributed by atoms with Crippen molar-refractivity contribution in [2.24, 2.45) is 10.2 Å². The van der Waals surface area contributed by atoms with Crippen molar-refractivity contribution in [3.63, 3.8) is 0 Å².